The molecule has 1 aromatic heterocycles. The van der Waals surface area contributed by atoms with E-state index in [2.05, 4.69) is 11.6 Å². The van der Waals surface area contributed by atoms with Gasteiger partial charge in [-0.1, -0.05) is 36.9 Å². The minimum absolute atomic E-state index is 0.00105. The monoisotopic (exact) mass is 523 g/mol. The van der Waals surface area contributed by atoms with Crippen LogP contribution in [0, 0.1) is 0 Å². The molecule has 0 bridgehead atoms. The Morgan fingerprint density at radius 1 is 1.11 bits per heavy atom. The third-order valence-electron chi connectivity index (χ3n) is 5.63. The van der Waals surface area contributed by atoms with Crippen molar-refractivity contribution in [3.63, 3.8) is 0 Å². The summed E-state index contributed by atoms with van der Waals surface area (Å²) in [6, 6.07) is 13.7. The average Bonchev–Trinajstić information content (AvgIpc) is 2.80. The van der Waals surface area contributed by atoms with Crippen LogP contribution < -0.4 is 5.56 Å². The van der Waals surface area contributed by atoms with E-state index in [0.29, 0.717) is 29.4 Å². The summed E-state index contributed by atoms with van der Waals surface area (Å²) in [5.41, 5.74) is 1.71. The Labute approximate surface area is 218 Å². The van der Waals surface area contributed by atoms with Crippen molar-refractivity contribution in [2.45, 2.75) is 52.0 Å². The van der Waals surface area contributed by atoms with Gasteiger partial charge in [-0.2, -0.15) is 0 Å². The number of aromatic nitrogens is 1. The molecule has 0 aliphatic heterocycles. The highest BCUT2D eigenvalue weighted by atomic mass is 28.3. The number of benzene rings is 2. The number of fused-ring (bicyclic) bond motifs is 1. The van der Waals surface area contributed by atoms with Gasteiger partial charge < -0.3 is 24.8 Å². The molecule has 0 fully saturated rings. The smallest absolute Gasteiger partial charge is 0.467 e. The highest BCUT2D eigenvalue weighted by Gasteiger charge is 2.31. The summed E-state index contributed by atoms with van der Waals surface area (Å²) in [4.78, 5) is 29.5. The second-order valence-electron chi connectivity index (χ2n) is 10.1. The van der Waals surface area contributed by atoms with E-state index in [4.69, 9.17) is 9.16 Å². The number of carbonyl (C=O) groups excluding carboxylic acids is 1. The van der Waals surface area contributed by atoms with Gasteiger partial charge in [0.15, 0.2) is 0 Å². The summed E-state index contributed by atoms with van der Waals surface area (Å²) in [5.74, 6) is -0.0344. The number of H-pyrrole nitrogens is 1. The molecule has 37 heavy (non-hydrogen) atoms. The summed E-state index contributed by atoms with van der Waals surface area (Å²) in [6.07, 6.45) is -0.409. The Balaban J connectivity index is 1.95. The SMILES string of the molecule is C=C(O)c1ccc(CCN(C[C@H](O[Si+](C)C)c2ccc(O)c3[nH]c(=O)ccc23)C(=O)OC(C)(C)C)cc1. The third kappa shape index (κ3) is 7.71. The van der Waals surface area contributed by atoms with Crippen molar-refractivity contribution in [3.8, 4) is 5.75 Å². The predicted octanol–water partition coefficient (Wildman–Crippen LogP) is 5.55. The van der Waals surface area contributed by atoms with Crippen molar-refractivity contribution in [1.29, 1.82) is 0 Å². The minimum atomic E-state index is -1.20. The minimum Gasteiger partial charge on any atom is -0.508 e. The number of rotatable bonds is 9. The molecule has 0 aliphatic carbocycles. The Morgan fingerprint density at radius 3 is 2.38 bits per heavy atom. The molecule has 3 N–H and O–H groups in total. The molecule has 1 amide bonds. The number of aromatic hydroxyl groups is 1. The number of carbonyl (C=O) groups is 1. The molecule has 0 spiro atoms. The van der Waals surface area contributed by atoms with E-state index >= 15 is 0 Å². The molecule has 3 rings (SSSR count). The van der Waals surface area contributed by atoms with Crippen LogP contribution >= 0.6 is 0 Å². The highest BCUT2D eigenvalue weighted by molar-refractivity contribution is 6.48. The summed E-state index contributed by atoms with van der Waals surface area (Å²) >= 11 is 0. The first kappa shape index (κ1) is 28.0. The maximum Gasteiger partial charge on any atom is 0.467 e. The fraction of sp³-hybridized carbons (Fsp3) is 0.357. The Kier molecular flexibility index (Phi) is 8.83. The van der Waals surface area contributed by atoms with Crippen LogP contribution in [0.3, 0.4) is 0 Å². The van der Waals surface area contributed by atoms with Gasteiger partial charge in [0.2, 0.25) is 5.56 Å². The zero-order valence-electron chi connectivity index (χ0n) is 22.0. The fourth-order valence-corrected chi connectivity index (χ4v) is 4.71. The number of nitrogens with zero attached hydrogens (tertiary/aromatic N) is 1. The second kappa shape index (κ2) is 11.7. The Hall–Kier alpha value is -3.56. The topological polar surface area (TPSA) is 112 Å². The second-order valence-corrected chi connectivity index (χ2v) is 12.2. The van der Waals surface area contributed by atoms with Crippen molar-refractivity contribution < 1.29 is 24.2 Å². The highest BCUT2D eigenvalue weighted by Crippen LogP contribution is 2.32. The maximum absolute atomic E-state index is 13.3. The molecule has 3 aromatic rings. The first-order chi connectivity index (χ1) is 17.3. The molecule has 1 heterocycles. The Bertz CT molecular complexity index is 1310. The number of pyridine rings is 1. The molecule has 0 radical (unpaired) electrons. The average molecular weight is 524 g/mol. The fourth-order valence-electron chi connectivity index (χ4n) is 3.93. The first-order valence-electron chi connectivity index (χ1n) is 12.1. The van der Waals surface area contributed by atoms with Crippen molar-refractivity contribution in [2.75, 3.05) is 13.1 Å². The number of phenols is 1. The largest absolute Gasteiger partial charge is 0.508 e. The van der Waals surface area contributed by atoms with Gasteiger partial charge in [0.25, 0.3) is 0 Å². The summed E-state index contributed by atoms with van der Waals surface area (Å²) in [6.45, 7) is 13.6. The molecule has 2 aromatic carbocycles. The maximum atomic E-state index is 13.3. The van der Waals surface area contributed by atoms with Crippen molar-refractivity contribution in [3.05, 3.63) is 82.2 Å². The van der Waals surface area contributed by atoms with E-state index in [-0.39, 0.29) is 23.6 Å². The van der Waals surface area contributed by atoms with Crippen LogP contribution in [0.5, 0.6) is 5.75 Å². The molecule has 8 nitrogen and oxygen atoms in total. The molecule has 0 saturated heterocycles. The number of phenolic OH excluding ortho intramolecular Hbond substituents is 1. The first-order valence-corrected chi connectivity index (χ1v) is 14.5. The summed E-state index contributed by atoms with van der Waals surface area (Å²) < 4.78 is 12.1. The van der Waals surface area contributed by atoms with Crippen LogP contribution in [0.1, 0.15) is 43.6 Å². The van der Waals surface area contributed by atoms with E-state index in [1.54, 1.807) is 29.2 Å². The number of aromatic amines is 1. The van der Waals surface area contributed by atoms with Gasteiger partial charge in [-0.3, -0.25) is 4.79 Å². The van der Waals surface area contributed by atoms with Gasteiger partial charge in [-0.25, -0.2) is 9.22 Å². The van der Waals surface area contributed by atoms with Crippen molar-refractivity contribution in [1.82, 2.24) is 9.88 Å². The van der Waals surface area contributed by atoms with Crippen LogP contribution in [-0.2, 0) is 15.6 Å². The van der Waals surface area contributed by atoms with E-state index in [1.807, 2.05) is 46.0 Å². The van der Waals surface area contributed by atoms with E-state index in [9.17, 15) is 19.8 Å². The third-order valence-corrected chi connectivity index (χ3v) is 6.38. The zero-order chi connectivity index (χ0) is 27.3. The number of amides is 1. The van der Waals surface area contributed by atoms with Crippen LogP contribution in [-0.4, -0.2) is 53.9 Å². The van der Waals surface area contributed by atoms with Gasteiger partial charge in [-0.15, -0.1) is 0 Å². The molecule has 0 saturated carbocycles. The molecular weight excluding hydrogens is 488 g/mol. The lowest BCUT2D eigenvalue weighted by molar-refractivity contribution is 0.0169. The predicted molar refractivity (Wildman–Crippen MR) is 147 cm³/mol. The summed E-state index contributed by atoms with van der Waals surface area (Å²) in [5, 5.41) is 20.6. The molecule has 1 atom stereocenters. The number of hydrogen-bond acceptors (Lipinski definition) is 6. The van der Waals surface area contributed by atoms with Gasteiger partial charge in [-0.05, 0) is 50.5 Å². The lowest BCUT2D eigenvalue weighted by Crippen LogP contribution is -2.41. The van der Waals surface area contributed by atoms with E-state index < -0.39 is 26.8 Å². The van der Waals surface area contributed by atoms with E-state index in [1.165, 1.54) is 12.1 Å². The number of ether oxygens (including phenoxy) is 1. The standard InChI is InChI=1S/C28H34N2O6Si/c1-18(31)20-9-7-19(8-10-20)15-16-30(27(34)35-28(2,3)4)17-24(36-37(5)6)21-11-13-23(32)26-22(21)12-14-25(33)29-26/h7-14,24H,1,15-17H2,2-6H3,(H2-,29,31,32,33)/p+1/t24-/m0/s1. The zero-order valence-corrected chi connectivity index (χ0v) is 23.0. The van der Waals surface area contributed by atoms with Gasteiger partial charge in [0, 0.05) is 23.6 Å². The van der Waals surface area contributed by atoms with Crippen molar-refractivity contribution in [2.24, 2.45) is 0 Å². The van der Waals surface area contributed by atoms with Crippen LogP contribution in [0.2, 0.25) is 13.1 Å². The quantitative estimate of drug-likeness (QED) is 0.250. The summed E-state index contributed by atoms with van der Waals surface area (Å²) in [7, 11) is -1.20. The molecule has 9 heteroatoms. The van der Waals surface area contributed by atoms with E-state index in [0.717, 1.165) is 11.1 Å². The molecule has 0 aliphatic rings. The lowest BCUT2D eigenvalue weighted by Gasteiger charge is -2.30. The number of hydrogen-bond donors (Lipinski definition) is 3. The van der Waals surface area contributed by atoms with Crippen molar-refractivity contribution >= 4 is 31.8 Å². The molecule has 196 valence electrons. The van der Waals surface area contributed by atoms with Crippen LogP contribution in [0.15, 0.2) is 59.9 Å². The molecule has 0 unspecified atom stereocenters. The van der Waals surface area contributed by atoms with Gasteiger partial charge in [0.05, 0.1) is 25.2 Å². The van der Waals surface area contributed by atoms with Gasteiger partial charge >= 0.3 is 15.1 Å². The number of aliphatic hydroxyl groups is 1. The van der Waals surface area contributed by atoms with Gasteiger partial charge in [0.1, 0.15) is 23.2 Å². The number of aliphatic hydroxyl groups excluding tert-OH is 1. The molecular formula is C28H35N2O6Si+. The Morgan fingerprint density at radius 2 is 1.78 bits per heavy atom. The number of nitrogens with one attached hydrogen (secondary N) is 1. The lowest BCUT2D eigenvalue weighted by atomic mass is 10.0. The normalized spacial score (nSPS) is 12.2. The van der Waals surface area contributed by atoms with Crippen LogP contribution in [0.25, 0.3) is 16.7 Å². The van der Waals surface area contributed by atoms with Crippen LogP contribution in [0.4, 0.5) is 4.79 Å².